The van der Waals surface area contributed by atoms with Crippen molar-refractivity contribution in [2.75, 3.05) is 14.2 Å². The van der Waals surface area contributed by atoms with Gasteiger partial charge in [0.15, 0.2) is 11.5 Å². The van der Waals surface area contributed by atoms with Gasteiger partial charge in [-0.3, -0.25) is 0 Å². The summed E-state index contributed by atoms with van der Waals surface area (Å²) in [6.45, 7) is 0. The lowest BCUT2D eigenvalue weighted by molar-refractivity contribution is 0.355. The van der Waals surface area contributed by atoms with E-state index >= 15 is 0 Å². The molecule has 0 atom stereocenters. The zero-order chi connectivity index (χ0) is 14.1. The van der Waals surface area contributed by atoms with Crippen molar-refractivity contribution < 1.29 is 9.47 Å². The molecule has 0 aliphatic rings. The number of fused-ring (bicyclic) bond motifs is 1. The highest BCUT2D eigenvalue weighted by Crippen LogP contribution is 2.34. The van der Waals surface area contributed by atoms with E-state index in [1.165, 1.54) is 5.39 Å². The number of methoxy groups -OCH3 is 2. The Morgan fingerprint density at radius 3 is 2.45 bits per heavy atom. The van der Waals surface area contributed by atoms with Crippen LogP contribution in [0.2, 0.25) is 0 Å². The third-order valence-electron chi connectivity index (χ3n) is 3.30. The summed E-state index contributed by atoms with van der Waals surface area (Å²) in [5.74, 6) is 1.45. The molecule has 0 aliphatic heterocycles. The molecule has 0 radical (unpaired) electrons. The molecule has 0 spiro atoms. The van der Waals surface area contributed by atoms with Crippen LogP contribution in [0.4, 0.5) is 0 Å². The van der Waals surface area contributed by atoms with Crippen molar-refractivity contribution in [1.29, 1.82) is 0 Å². The molecular formula is C16H14BrNO2. The quantitative estimate of drug-likeness (QED) is 0.760. The van der Waals surface area contributed by atoms with Crippen LogP contribution in [-0.4, -0.2) is 19.2 Å². The summed E-state index contributed by atoms with van der Waals surface area (Å²) in [6, 6.07) is 14.2. The van der Waals surface area contributed by atoms with Gasteiger partial charge in [0.05, 0.1) is 19.7 Å². The Morgan fingerprint density at radius 2 is 1.75 bits per heavy atom. The van der Waals surface area contributed by atoms with Gasteiger partial charge < -0.3 is 14.5 Å². The number of ether oxygens (including phenoxy) is 2. The Hall–Kier alpha value is -1.94. The smallest absolute Gasteiger partial charge is 0.161 e. The van der Waals surface area contributed by atoms with Crippen molar-refractivity contribution in [1.82, 2.24) is 4.98 Å². The number of halogens is 1. The standard InChI is InChI=1S/C16H14BrNO2/c1-19-14-7-6-10(9-15(14)20-2)13-8-11-4-3-5-12(17)16(11)18-13/h3-9,18H,1-2H3. The number of H-pyrrole nitrogens is 1. The van der Waals surface area contributed by atoms with Crippen molar-refractivity contribution in [2.24, 2.45) is 0 Å². The first-order valence-electron chi connectivity index (χ1n) is 6.22. The van der Waals surface area contributed by atoms with E-state index in [1.807, 2.05) is 30.3 Å². The number of aromatic nitrogens is 1. The van der Waals surface area contributed by atoms with Gasteiger partial charge in [-0.05, 0) is 46.3 Å². The number of hydrogen-bond acceptors (Lipinski definition) is 2. The second kappa shape index (κ2) is 5.21. The van der Waals surface area contributed by atoms with Crippen LogP contribution < -0.4 is 9.47 Å². The van der Waals surface area contributed by atoms with E-state index in [0.717, 1.165) is 32.7 Å². The van der Waals surface area contributed by atoms with E-state index < -0.39 is 0 Å². The first kappa shape index (κ1) is 13.1. The van der Waals surface area contributed by atoms with Gasteiger partial charge in [-0.25, -0.2) is 0 Å². The highest BCUT2D eigenvalue weighted by Gasteiger charge is 2.09. The number of hydrogen-bond donors (Lipinski definition) is 1. The molecule has 0 fully saturated rings. The van der Waals surface area contributed by atoms with Gasteiger partial charge in [-0.2, -0.15) is 0 Å². The fourth-order valence-electron chi connectivity index (χ4n) is 2.28. The first-order valence-corrected chi connectivity index (χ1v) is 7.02. The van der Waals surface area contributed by atoms with Crippen molar-refractivity contribution in [3.8, 4) is 22.8 Å². The monoisotopic (exact) mass is 331 g/mol. The molecule has 0 saturated carbocycles. The molecule has 20 heavy (non-hydrogen) atoms. The molecule has 102 valence electrons. The van der Waals surface area contributed by atoms with Gasteiger partial charge in [-0.15, -0.1) is 0 Å². The predicted molar refractivity (Wildman–Crippen MR) is 84.5 cm³/mol. The van der Waals surface area contributed by atoms with E-state index in [4.69, 9.17) is 9.47 Å². The minimum absolute atomic E-state index is 0.725. The van der Waals surface area contributed by atoms with Crippen molar-refractivity contribution in [3.63, 3.8) is 0 Å². The number of para-hydroxylation sites is 1. The lowest BCUT2D eigenvalue weighted by Crippen LogP contribution is -1.90. The van der Waals surface area contributed by atoms with Crippen LogP contribution >= 0.6 is 15.9 Å². The van der Waals surface area contributed by atoms with Crippen LogP contribution in [0.25, 0.3) is 22.2 Å². The number of benzene rings is 2. The van der Waals surface area contributed by atoms with Crippen LogP contribution in [0.3, 0.4) is 0 Å². The Morgan fingerprint density at radius 1 is 0.950 bits per heavy atom. The van der Waals surface area contributed by atoms with Crippen LogP contribution in [0.1, 0.15) is 0 Å². The van der Waals surface area contributed by atoms with E-state index in [-0.39, 0.29) is 0 Å². The Bertz CT molecular complexity index is 764. The molecule has 0 unspecified atom stereocenters. The average molecular weight is 332 g/mol. The van der Waals surface area contributed by atoms with Gasteiger partial charge in [0, 0.05) is 21.1 Å². The fourth-order valence-corrected chi connectivity index (χ4v) is 2.76. The fraction of sp³-hybridized carbons (Fsp3) is 0.125. The highest BCUT2D eigenvalue weighted by atomic mass is 79.9. The minimum Gasteiger partial charge on any atom is -0.493 e. The summed E-state index contributed by atoms with van der Waals surface area (Å²) in [6.07, 6.45) is 0. The van der Waals surface area contributed by atoms with Gasteiger partial charge in [0.1, 0.15) is 0 Å². The van der Waals surface area contributed by atoms with E-state index in [2.05, 4.69) is 33.0 Å². The SMILES string of the molecule is COc1ccc(-c2cc3cccc(Br)c3[nH]2)cc1OC. The van der Waals surface area contributed by atoms with Gasteiger partial charge in [0.25, 0.3) is 0 Å². The highest BCUT2D eigenvalue weighted by molar-refractivity contribution is 9.10. The second-order valence-corrected chi connectivity index (χ2v) is 5.31. The Labute approximate surface area is 125 Å². The lowest BCUT2D eigenvalue weighted by Gasteiger charge is -2.08. The molecule has 3 rings (SSSR count). The number of aromatic amines is 1. The third-order valence-corrected chi connectivity index (χ3v) is 3.96. The summed E-state index contributed by atoms with van der Waals surface area (Å²) >= 11 is 3.56. The van der Waals surface area contributed by atoms with Crippen molar-refractivity contribution in [2.45, 2.75) is 0 Å². The van der Waals surface area contributed by atoms with Crippen molar-refractivity contribution >= 4 is 26.8 Å². The maximum atomic E-state index is 5.35. The van der Waals surface area contributed by atoms with E-state index in [9.17, 15) is 0 Å². The molecule has 1 N–H and O–H groups in total. The minimum atomic E-state index is 0.725. The van der Waals surface area contributed by atoms with Crippen LogP contribution in [-0.2, 0) is 0 Å². The second-order valence-electron chi connectivity index (χ2n) is 4.46. The summed E-state index contributed by atoms with van der Waals surface area (Å²) in [7, 11) is 3.28. The maximum Gasteiger partial charge on any atom is 0.161 e. The molecular weight excluding hydrogens is 318 g/mol. The van der Waals surface area contributed by atoms with Crippen LogP contribution in [0.5, 0.6) is 11.5 Å². The number of nitrogens with one attached hydrogen (secondary N) is 1. The summed E-state index contributed by atoms with van der Waals surface area (Å²) < 4.78 is 11.7. The lowest BCUT2D eigenvalue weighted by atomic mass is 10.1. The molecule has 3 aromatic rings. The summed E-state index contributed by atoms with van der Waals surface area (Å²) in [4.78, 5) is 3.43. The van der Waals surface area contributed by atoms with E-state index in [1.54, 1.807) is 14.2 Å². The largest absolute Gasteiger partial charge is 0.493 e. The molecule has 2 aromatic carbocycles. The molecule has 3 nitrogen and oxygen atoms in total. The molecule has 1 aromatic heterocycles. The molecule has 0 aliphatic carbocycles. The normalized spacial score (nSPS) is 10.8. The first-order chi connectivity index (χ1) is 9.72. The van der Waals surface area contributed by atoms with Gasteiger partial charge in [0.2, 0.25) is 0 Å². The van der Waals surface area contributed by atoms with Crippen molar-refractivity contribution in [3.05, 3.63) is 46.9 Å². The molecule has 4 heteroatoms. The predicted octanol–water partition coefficient (Wildman–Crippen LogP) is 4.61. The molecule has 0 amide bonds. The topological polar surface area (TPSA) is 34.2 Å². The molecule has 0 saturated heterocycles. The Kier molecular flexibility index (Phi) is 3.40. The maximum absolute atomic E-state index is 5.35. The zero-order valence-electron chi connectivity index (χ0n) is 11.2. The van der Waals surface area contributed by atoms with E-state index in [0.29, 0.717) is 0 Å². The van der Waals surface area contributed by atoms with Crippen LogP contribution in [0.15, 0.2) is 46.9 Å². The van der Waals surface area contributed by atoms with Gasteiger partial charge >= 0.3 is 0 Å². The summed E-state index contributed by atoms with van der Waals surface area (Å²) in [5.41, 5.74) is 3.20. The average Bonchev–Trinajstić information content (AvgIpc) is 2.92. The Balaban J connectivity index is 2.13. The molecule has 1 heterocycles. The molecule has 0 bridgehead atoms. The van der Waals surface area contributed by atoms with Crippen LogP contribution in [0, 0.1) is 0 Å². The number of rotatable bonds is 3. The third kappa shape index (κ3) is 2.16. The van der Waals surface area contributed by atoms with Gasteiger partial charge in [-0.1, -0.05) is 12.1 Å². The zero-order valence-corrected chi connectivity index (χ0v) is 12.8. The summed E-state index contributed by atoms with van der Waals surface area (Å²) in [5, 5.41) is 1.17.